The molecular formula is C71H95NO21. The number of carbonyl (C=O) groups excluding carboxylic acids is 3. The van der Waals surface area contributed by atoms with E-state index in [1.807, 2.05) is 80.7 Å². The van der Waals surface area contributed by atoms with Gasteiger partial charge in [0.2, 0.25) is 0 Å². The van der Waals surface area contributed by atoms with Crippen molar-refractivity contribution in [2.24, 2.45) is 17.8 Å². The first-order valence-electron chi connectivity index (χ1n) is 31.8. The molecule has 21 atom stereocenters. The minimum atomic E-state index is -1.68. The number of benzene rings is 2. The quantitative estimate of drug-likeness (QED) is 0.0622. The first kappa shape index (κ1) is 73.8. The Kier molecular flexibility index (Phi) is 29.3. The predicted octanol–water partition coefficient (Wildman–Crippen LogP) is 8.50. The number of fused-ring (bicyclic) bond motifs is 6. The van der Waals surface area contributed by atoms with Crippen molar-refractivity contribution >= 4 is 18.0 Å². The molecule has 22 nitrogen and oxygen atoms in total. The first-order valence-corrected chi connectivity index (χ1v) is 31.8. The number of hydrogen-bond donors (Lipinski definition) is 6. The molecule has 2 aromatic rings. The number of cyclic esters (lactones) is 1. The summed E-state index contributed by atoms with van der Waals surface area (Å²) in [6, 6.07) is 13.0. The van der Waals surface area contributed by atoms with Gasteiger partial charge in [0.15, 0.2) is 24.7 Å². The van der Waals surface area contributed by atoms with Gasteiger partial charge in [-0.05, 0) is 51.0 Å². The van der Waals surface area contributed by atoms with E-state index < -0.39 is 140 Å². The smallest absolute Gasteiger partial charge is 0.407 e. The monoisotopic (exact) mass is 1300 g/mol. The highest BCUT2D eigenvalue weighted by Crippen LogP contribution is 2.44. The minimum absolute atomic E-state index is 0.0614. The van der Waals surface area contributed by atoms with Crippen molar-refractivity contribution in [2.45, 2.75) is 189 Å². The summed E-state index contributed by atoms with van der Waals surface area (Å²) in [5.74, 6) is -3.79. The second-order valence-electron chi connectivity index (χ2n) is 23.9. The van der Waals surface area contributed by atoms with Gasteiger partial charge in [-0.2, -0.15) is 0 Å². The first-order chi connectivity index (χ1) is 44.8. The third-order valence-corrected chi connectivity index (χ3v) is 17.2. The fourth-order valence-corrected chi connectivity index (χ4v) is 11.8. The molecule has 5 heterocycles. The maximum absolute atomic E-state index is 14.2. The molecule has 22 heteroatoms. The zero-order valence-corrected chi connectivity index (χ0v) is 54.2. The molecule has 0 aromatic heterocycles. The summed E-state index contributed by atoms with van der Waals surface area (Å²) in [7, 11) is 4.53. The van der Waals surface area contributed by atoms with Gasteiger partial charge in [-0.1, -0.05) is 148 Å². The summed E-state index contributed by atoms with van der Waals surface area (Å²) in [5, 5.41) is 61.4. The molecule has 2 aromatic carbocycles. The van der Waals surface area contributed by atoms with Crippen molar-refractivity contribution in [2.75, 3.05) is 34.5 Å². The van der Waals surface area contributed by atoms with Crippen molar-refractivity contribution in [3.8, 4) is 11.5 Å². The Morgan fingerprint density at radius 3 is 1.75 bits per heavy atom. The van der Waals surface area contributed by atoms with Gasteiger partial charge in [-0.15, -0.1) is 0 Å². The average molecular weight is 1300 g/mol. The number of hydrogen-bond acceptors (Lipinski definition) is 21. The van der Waals surface area contributed by atoms with E-state index in [2.05, 4.69) is 18.5 Å². The Bertz CT molecular complexity index is 2890. The van der Waals surface area contributed by atoms with Crippen molar-refractivity contribution in [1.29, 1.82) is 0 Å². The van der Waals surface area contributed by atoms with Crippen LogP contribution in [0.2, 0.25) is 0 Å². The third-order valence-electron chi connectivity index (χ3n) is 17.2. The lowest BCUT2D eigenvalue weighted by atomic mass is 9.82. The lowest BCUT2D eigenvalue weighted by molar-refractivity contribution is -0.333. The van der Waals surface area contributed by atoms with Crippen molar-refractivity contribution in [3.63, 3.8) is 0 Å². The molecule has 6 bridgehead atoms. The number of rotatable bonds is 13. The van der Waals surface area contributed by atoms with Crippen LogP contribution in [0.4, 0.5) is 4.79 Å². The fourth-order valence-electron chi connectivity index (χ4n) is 11.8. The molecule has 0 aliphatic carbocycles. The average Bonchev–Trinajstić information content (AvgIpc) is 0.782. The molecule has 6 N–H and O–H groups in total. The molecule has 510 valence electrons. The van der Waals surface area contributed by atoms with Gasteiger partial charge in [-0.25, -0.2) is 4.79 Å². The number of allylic oxidation sites excluding steroid dienone is 12. The van der Waals surface area contributed by atoms with Crippen LogP contribution in [0.25, 0.3) is 0 Å². The van der Waals surface area contributed by atoms with Crippen molar-refractivity contribution in [1.82, 2.24) is 5.32 Å². The van der Waals surface area contributed by atoms with Gasteiger partial charge >= 0.3 is 18.0 Å². The molecule has 0 spiro atoms. The van der Waals surface area contributed by atoms with E-state index in [0.29, 0.717) is 29.0 Å². The van der Waals surface area contributed by atoms with E-state index in [-0.39, 0.29) is 64.1 Å². The number of aliphatic hydroxyl groups excluding tert-OH is 5. The Balaban J connectivity index is 1.23. The zero-order chi connectivity index (χ0) is 67.0. The number of amides is 1. The summed E-state index contributed by atoms with van der Waals surface area (Å²) in [4.78, 5) is 40.7. The van der Waals surface area contributed by atoms with E-state index in [1.54, 1.807) is 94.8 Å². The van der Waals surface area contributed by atoms with Crippen molar-refractivity contribution < 1.29 is 101 Å². The summed E-state index contributed by atoms with van der Waals surface area (Å²) >= 11 is 0. The highest BCUT2D eigenvalue weighted by Gasteiger charge is 2.54. The summed E-state index contributed by atoms with van der Waals surface area (Å²) in [6.45, 7) is 14.0. The molecule has 5 aliphatic heterocycles. The molecule has 0 saturated carbocycles. The maximum atomic E-state index is 14.2. The van der Waals surface area contributed by atoms with Crippen LogP contribution in [0.1, 0.15) is 103 Å². The van der Waals surface area contributed by atoms with Gasteiger partial charge < -0.3 is 92.4 Å². The van der Waals surface area contributed by atoms with Gasteiger partial charge in [0.05, 0.1) is 87.7 Å². The second-order valence-corrected chi connectivity index (χ2v) is 23.9. The highest BCUT2D eigenvalue weighted by molar-refractivity contribution is 5.74. The number of esters is 2. The van der Waals surface area contributed by atoms with Gasteiger partial charge in [0, 0.05) is 62.2 Å². The Labute approximate surface area is 545 Å². The topological polar surface area (TPSA) is 284 Å². The van der Waals surface area contributed by atoms with E-state index in [9.17, 15) is 39.9 Å². The zero-order valence-electron chi connectivity index (χ0n) is 54.2. The number of alkyl carbamates (subject to hydrolysis) is 1. The Hall–Kier alpha value is -6.61. The van der Waals surface area contributed by atoms with Gasteiger partial charge in [0.1, 0.15) is 48.9 Å². The summed E-state index contributed by atoms with van der Waals surface area (Å²) < 4.78 is 79.8. The van der Waals surface area contributed by atoms with Gasteiger partial charge in [0.25, 0.3) is 0 Å². The molecule has 1 amide bonds. The molecule has 7 rings (SSSR count). The van der Waals surface area contributed by atoms with Crippen molar-refractivity contribution in [3.05, 3.63) is 170 Å². The SMILES string of the molecule is C=CCOC(=O)N[C@@H]1[C@@H](O)[C@H](O[C@H]2/C=C/C=C/C=C/C=C/C=C/C=C/C=C/[C@H](C)[C@@H](O)[C@@H](C)[C@H](C)OC(=O)CC3CC(CC[C@@H](O)[C@H]4C[C@@H](C[C@]5(OC)C[C@H](O)[C@@H](C(=O)OCC=C)[C@H](C2)O5)OC(c2ccc(OC)cc2)O4)OC(c2ccc(OC)cc2)O3)O[C@H](C)[C@H]1O. The van der Waals surface area contributed by atoms with Crippen LogP contribution in [0.15, 0.2) is 159 Å². The van der Waals surface area contributed by atoms with Gasteiger partial charge in [-0.3, -0.25) is 9.59 Å². The highest BCUT2D eigenvalue weighted by atomic mass is 16.7. The predicted molar refractivity (Wildman–Crippen MR) is 343 cm³/mol. The number of ether oxygens (including phenoxy) is 13. The van der Waals surface area contributed by atoms with Crippen LogP contribution in [-0.4, -0.2) is 176 Å². The second kappa shape index (κ2) is 36.9. The fraction of sp³-hybridized carbons (Fsp3) is 0.535. The van der Waals surface area contributed by atoms with Crippen LogP contribution < -0.4 is 14.8 Å². The van der Waals surface area contributed by atoms with E-state index >= 15 is 0 Å². The standard InChI is InChI=1S/C71H95NO21/c1-10-36-84-66(79)61-57(74)43-71(83-9)42-55-40-58(92-68(91-55)49-28-32-51(82-8)33-29-49)56(73)35-34-53-38-54(90-67(88-53)48-26-30-50(81-7)31-27-48)41-60(75)86-46(5)45(4)63(76)44(3)24-22-20-18-16-14-12-13-15-17-19-21-23-25-52(39-59(61)93-71)89-69-65(78)62(64(77)47(6)87-69)72-70(80)85-37-11-2/h10-33,44-47,52-59,61-65,67-69,73-74,76-78H,1-2,34-43H2,3-9H3,(H,72,80)/b13-12+,16-14+,17-15+,20-18+,21-19+,24-22+,25-23+/t44-,45-,46-,47+,52-,53?,54?,55-,56+,57-,58+,59-,61+,62-,63+,64+,65+,67?,68?,69-,71+/m0/s1. The Morgan fingerprint density at radius 1 is 0.602 bits per heavy atom. The summed E-state index contributed by atoms with van der Waals surface area (Å²) in [5.41, 5.74) is 1.29. The maximum Gasteiger partial charge on any atom is 0.407 e. The minimum Gasteiger partial charge on any atom is -0.497 e. The molecule has 5 aliphatic rings. The van der Waals surface area contributed by atoms with Crippen LogP contribution >= 0.6 is 0 Å². The van der Waals surface area contributed by atoms with E-state index in [1.165, 1.54) is 19.3 Å². The number of aliphatic hydroxyl groups is 5. The largest absolute Gasteiger partial charge is 0.497 e. The lowest BCUT2D eigenvalue weighted by Gasteiger charge is -2.48. The molecular weight excluding hydrogens is 1200 g/mol. The van der Waals surface area contributed by atoms with Crippen LogP contribution in [-0.2, 0) is 61.7 Å². The Morgan fingerprint density at radius 2 is 1.16 bits per heavy atom. The van der Waals surface area contributed by atoms with Crippen LogP contribution in [0, 0.1) is 17.8 Å². The molecule has 4 fully saturated rings. The van der Waals surface area contributed by atoms with E-state index in [0.717, 1.165) is 0 Å². The van der Waals surface area contributed by atoms with Crippen LogP contribution in [0.3, 0.4) is 0 Å². The number of methoxy groups -OCH3 is 3. The normalized spacial score (nSPS) is 37.7. The molecule has 93 heavy (non-hydrogen) atoms. The summed E-state index contributed by atoms with van der Waals surface area (Å²) in [6.07, 6.45) is 10.6. The molecule has 0 radical (unpaired) electrons. The molecule has 4 unspecified atom stereocenters. The van der Waals surface area contributed by atoms with E-state index in [4.69, 9.17) is 61.6 Å². The lowest BCUT2D eigenvalue weighted by Crippen LogP contribution is -2.64. The number of nitrogens with one attached hydrogen (secondary N) is 1. The number of carbonyl (C=O) groups is 3. The molecule has 4 saturated heterocycles. The van der Waals surface area contributed by atoms with Crippen LogP contribution in [0.5, 0.6) is 11.5 Å². The third kappa shape index (κ3) is 21.7.